The van der Waals surface area contributed by atoms with Crippen molar-refractivity contribution in [2.45, 2.75) is 32.2 Å². The third-order valence-corrected chi connectivity index (χ3v) is 3.46. The monoisotopic (exact) mass is 292 g/mol. The van der Waals surface area contributed by atoms with Crippen LogP contribution in [0.4, 0.5) is 0 Å². The molecule has 1 atom stereocenters. The van der Waals surface area contributed by atoms with Crippen molar-refractivity contribution in [2.24, 2.45) is 0 Å². The number of rotatable bonds is 6. The molecule has 116 valence electrons. The second kappa shape index (κ2) is 7.02. The molecule has 0 spiro atoms. The highest BCUT2D eigenvalue weighted by Crippen LogP contribution is 2.21. The van der Waals surface area contributed by atoms with E-state index < -0.39 is 5.79 Å². The number of carbonyl (C=O) groups excluding carboxylic acids is 1. The number of amides is 1. The van der Waals surface area contributed by atoms with Gasteiger partial charge in [0.2, 0.25) is 0 Å². The van der Waals surface area contributed by atoms with Gasteiger partial charge in [0.15, 0.2) is 5.79 Å². The Kier molecular flexibility index (Phi) is 5.33. The van der Waals surface area contributed by atoms with Crippen molar-refractivity contribution in [3.8, 4) is 0 Å². The minimum Gasteiger partial charge on any atom is -0.349 e. The summed E-state index contributed by atoms with van der Waals surface area (Å²) in [5, 5.41) is 6.03. The van der Waals surface area contributed by atoms with Gasteiger partial charge < -0.3 is 20.1 Å². The van der Waals surface area contributed by atoms with Crippen molar-refractivity contribution in [1.29, 1.82) is 0 Å². The lowest BCUT2D eigenvalue weighted by molar-refractivity contribution is -0.137. The maximum absolute atomic E-state index is 12.3. The van der Waals surface area contributed by atoms with Crippen molar-refractivity contribution in [3.05, 3.63) is 35.4 Å². The summed E-state index contributed by atoms with van der Waals surface area (Å²) in [4.78, 5) is 12.3. The lowest BCUT2D eigenvalue weighted by Crippen LogP contribution is -2.35. The van der Waals surface area contributed by atoms with Crippen LogP contribution in [0.25, 0.3) is 0 Å². The molecule has 1 aliphatic rings. The predicted molar refractivity (Wildman–Crippen MR) is 81.3 cm³/mol. The van der Waals surface area contributed by atoms with E-state index in [-0.39, 0.29) is 12.0 Å². The second-order valence-electron chi connectivity index (χ2n) is 5.67. The molecular weight excluding hydrogens is 268 g/mol. The maximum atomic E-state index is 12.3. The van der Waals surface area contributed by atoms with E-state index in [0.717, 1.165) is 24.1 Å². The average molecular weight is 292 g/mol. The summed E-state index contributed by atoms with van der Waals surface area (Å²) in [6, 6.07) is 7.69. The van der Waals surface area contributed by atoms with Crippen LogP contribution in [0, 0.1) is 0 Å². The zero-order chi connectivity index (χ0) is 15.3. The van der Waals surface area contributed by atoms with E-state index in [4.69, 9.17) is 9.47 Å². The Morgan fingerprint density at radius 1 is 1.38 bits per heavy atom. The van der Waals surface area contributed by atoms with Crippen molar-refractivity contribution in [3.63, 3.8) is 0 Å². The van der Waals surface area contributed by atoms with Crippen LogP contribution in [-0.2, 0) is 15.9 Å². The van der Waals surface area contributed by atoms with E-state index in [9.17, 15) is 4.79 Å². The van der Waals surface area contributed by atoms with Gasteiger partial charge in [-0.2, -0.15) is 0 Å². The fourth-order valence-corrected chi connectivity index (χ4v) is 2.38. The molecule has 1 fully saturated rings. The van der Waals surface area contributed by atoms with E-state index in [2.05, 4.69) is 10.6 Å². The topological polar surface area (TPSA) is 59.6 Å². The fourth-order valence-electron chi connectivity index (χ4n) is 2.38. The molecule has 1 aliphatic heterocycles. The summed E-state index contributed by atoms with van der Waals surface area (Å²) in [7, 11) is 1.90. The molecule has 0 aliphatic carbocycles. The average Bonchev–Trinajstić information content (AvgIpc) is 2.82. The molecule has 1 amide bonds. The molecule has 1 heterocycles. The van der Waals surface area contributed by atoms with Crippen LogP contribution in [0.3, 0.4) is 0 Å². The normalized spacial score (nSPS) is 20.4. The molecule has 5 heteroatoms. The fraction of sp³-hybridized carbons (Fsp3) is 0.562. The van der Waals surface area contributed by atoms with E-state index >= 15 is 0 Å². The molecule has 2 N–H and O–H groups in total. The van der Waals surface area contributed by atoms with Gasteiger partial charge >= 0.3 is 0 Å². The quantitative estimate of drug-likeness (QED) is 0.830. The molecule has 0 saturated carbocycles. The highest BCUT2D eigenvalue weighted by atomic mass is 16.7. The lowest BCUT2D eigenvalue weighted by atomic mass is 10.0. The zero-order valence-electron chi connectivity index (χ0n) is 12.9. The van der Waals surface area contributed by atoms with Gasteiger partial charge in [-0.3, -0.25) is 4.79 Å². The van der Waals surface area contributed by atoms with Crippen LogP contribution >= 0.6 is 0 Å². The van der Waals surface area contributed by atoms with Crippen molar-refractivity contribution < 1.29 is 14.3 Å². The molecule has 5 nitrogen and oxygen atoms in total. The van der Waals surface area contributed by atoms with Gasteiger partial charge in [0.05, 0.1) is 6.61 Å². The van der Waals surface area contributed by atoms with Crippen LogP contribution in [0.5, 0.6) is 0 Å². The summed E-state index contributed by atoms with van der Waals surface area (Å²) >= 11 is 0. The minimum atomic E-state index is -0.555. The van der Waals surface area contributed by atoms with E-state index in [1.54, 1.807) is 0 Å². The lowest BCUT2D eigenvalue weighted by Gasteiger charge is -2.17. The summed E-state index contributed by atoms with van der Waals surface area (Å²) in [6.45, 7) is 5.57. The van der Waals surface area contributed by atoms with E-state index in [1.165, 1.54) is 0 Å². The first kappa shape index (κ1) is 15.9. The number of benzene rings is 1. The van der Waals surface area contributed by atoms with Gasteiger partial charge in [0.1, 0.15) is 6.10 Å². The number of hydrogen-bond donors (Lipinski definition) is 2. The van der Waals surface area contributed by atoms with E-state index in [0.29, 0.717) is 13.2 Å². The molecule has 1 saturated heterocycles. The summed E-state index contributed by atoms with van der Waals surface area (Å²) in [5.74, 6) is -0.616. The van der Waals surface area contributed by atoms with Crippen molar-refractivity contribution in [2.75, 3.05) is 26.7 Å². The first-order valence-electron chi connectivity index (χ1n) is 7.34. The summed E-state index contributed by atoms with van der Waals surface area (Å²) in [6.07, 6.45) is 0.740. The third kappa shape index (κ3) is 4.52. The number of hydrogen-bond acceptors (Lipinski definition) is 4. The molecule has 1 unspecified atom stereocenters. The van der Waals surface area contributed by atoms with Crippen LogP contribution in [0.15, 0.2) is 24.3 Å². The summed E-state index contributed by atoms with van der Waals surface area (Å²) in [5.41, 5.74) is 1.78. The number of carbonyl (C=O) groups is 1. The minimum absolute atomic E-state index is 0.0602. The number of ether oxygens (including phenoxy) is 2. The Morgan fingerprint density at radius 3 is 2.81 bits per heavy atom. The third-order valence-electron chi connectivity index (χ3n) is 3.46. The maximum Gasteiger partial charge on any atom is 0.251 e. The first-order valence-corrected chi connectivity index (χ1v) is 7.34. The van der Waals surface area contributed by atoms with Crippen LogP contribution in [0.1, 0.15) is 29.8 Å². The van der Waals surface area contributed by atoms with E-state index in [1.807, 2.05) is 45.2 Å². The molecule has 2 rings (SSSR count). The summed E-state index contributed by atoms with van der Waals surface area (Å²) < 4.78 is 11.2. The van der Waals surface area contributed by atoms with Gasteiger partial charge in [-0.05, 0) is 45.5 Å². The number of nitrogens with one attached hydrogen (secondary N) is 2. The molecule has 0 bridgehead atoms. The zero-order valence-corrected chi connectivity index (χ0v) is 12.9. The SMILES string of the molecule is CNCCc1ccccc1C(=O)NCC1COC(C)(C)O1. The second-order valence-corrected chi connectivity index (χ2v) is 5.67. The highest BCUT2D eigenvalue weighted by molar-refractivity contribution is 5.95. The van der Waals surface area contributed by atoms with Gasteiger partial charge in [0, 0.05) is 12.1 Å². The standard InChI is InChI=1S/C16H24N2O3/c1-16(2)20-11-13(21-16)10-18-15(19)14-7-5-4-6-12(14)8-9-17-3/h4-7,13,17H,8-11H2,1-3H3,(H,18,19). The largest absolute Gasteiger partial charge is 0.349 e. The van der Waals surface area contributed by atoms with Gasteiger partial charge in [0.25, 0.3) is 5.91 Å². The molecule has 0 aromatic heterocycles. The Bertz CT molecular complexity index is 488. The Hall–Kier alpha value is -1.43. The Labute approximate surface area is 126 Å². The smallest absolute Gasteiger partial charge is 0.251 e. The van der Waals surface area contributed by atoms with Gasteiger partial charge in [-0.25, -0.2) is 0 Å². The van der Waals surface area contributed by atoms with Crippen molar-refractivity contribution in [1.82, 2.24) is 10.6 Å². The molecule has 1 aromatic rings. The predicted octanol–water partition coefficient (Wildman–Crippen LogP) is 1.33. The first-order chi connectivity index (χ1) is 10.0. The van der Waals surface area contributed by atoms with Crippen LogP contribution in [-0.4, -0.2) is 44.5 Å². The Balaban J connectivity index is 1.91. The Morgan fingerprint density at radius 2 is 2.14 bits per heavy atom. The molecule has 1 aromatic carbocycles. The van der Waals surface area contributed by atoms with Crippen LogP contribution in [0.2, 0.25) is 0 Å². The highest BCUT2D eigenvalue weighted by Gasteiger charge is 2.32. The molecular formula is C16H24N2O3. The van der Waals surface area contributed by atoms with Crippen LogP contribution < -0.4 is 10.6 Å². The molecule has 21 heavy (non-hydrogen) atoms. The molecule has 0 radical (unpaired) electrons. The van der Waals surface area contributed by atoms with Gasteiger partial charge in [-0.1, -0.05) is 18.2 Å². The van der Waals surface area contributed by atoms with Gasteiger partial charge in [-0.15, -0.1) is 0 Å². The number of likely N-dealkylation sites (N-methyl/N-ethyl adjacent to an activating group) is 1. The van der Waals surface area contributed by atoms with Crippen molar-refractivity contribution >= 4 is 5.91 Å².